The number of hydrogen-bond donors (Lipinski definition) is 0. The second-order valence-electron chi connectivity index (χ2n) is 2.56. The Kier molecular flexibility index (Phi) is 4.51. The molecule has 1 aromatic rings. The van der Waals surface area contributed by atoms with Crippen molar-refractivity contribution in [3.63, 3.8) is 0 Å². The summed E-state index contributed by atoms with van der Waals surface area (Å²) in [4.78, 5) is 15.3. The van der Waals surface area contributed by atoms with Gasteiger partial charge in [-0.2, -0.15) is 5.26 Å². The van der Waals surface area contributed by atoms with Gasteiger partial charge in [-0.05, 0) is 13.0 Å². The molecule has 4 nitrogen and oxygen atoms in total. The van der Waals surface area contributed by atoms with Gasteiger partial charge in [0.2, 0.25) is 0 Å². The fourth-order valence-corrected chi connectivity index (χ4v) is 1.58. The van der Waals surface area contributed by atoms with Gasteiger partial charge in [0, 0.05) is 5.38 Å². The first-order chi connectivity index (χ1) is 7.27. The molecule has 1 rings (SSSR count). The molecule has 0 unspecified atom stereocenters. The third kappa shape index (κ3) is 3.52. The number of hydrogen-bond acceptors (Lipinski definition) is 5. The average molecular weight is 222 g/mol. The summed E-state index contributed by atoms with van der Waals surface area (Å²) in [7, 11) is 0. The van der Waals surface area contributed by atoms with Crippen molar-refractivity contribution in [2.24, 2.45) is 0 Å². The predicted molar refractivity (Wildman–Crippen MR) is 57.3 cm³/mol. The van der Waals surface area contributed by atoms with E-state index in [1.807, 2.05) is 6.07 Å². The van der Waals surface area contributed by atoms with Gasteiger partial charge in [-0.25, -0.2) is 9.78 Å². The molecule has 0 N–H and O–H groups in total. The van der Waals surface area contributed by atoms with Gasteiger partial charge in [0.1, 0.15) is 5.01 Å². The number of nitrogens with zero attached hydrogens (tertiary/aromatic N) is 2. The monoisotopic (exact) mass is 222 g/mol. The predicted octanol–water partition coefficient (Wildman–Crippen LogP) is 2.25. The minimum absolute atomic E-state index is 0.318. The zero-order chi connectivity index (χ0) is 11.1. The van der Waals surface area contributed by atoms with E-state index < -0.39 is 5.97 Å². The molecule has 1 heterocycles. The van der Waals surface area contributed by atoms with Crippen LogP contribution < -0.4 is 0 Å². The van der Waals surface area contributed by atoms with E-state index in [0.29, 0.717) is 23.7 Å². The van der Waals surface area contributed by atoms with E-state index in [1.165, 1.54) is 11.3 Å². The summed E-state index contributed by atoms with van der Waals surface area (Å²) in [6, 6.07) is 1.99. The number of rotatable bonds is 4. The molecule has 0 bridgehead atoms. The minimum Gasteiger partial charge on any atom is -0.461 e. The highest BCUT2D eigenvalue weighted by molar-refractivity contribution is 7.10. The SMILES string of the molecule is CCOC(=O)c1csc(C=CCC#N)n1. The third-order valence-corrected chi connectivity index (χ3v) is 2.29. The van der Waals surface area contributed by atoms with E-state index >= 15 is 0 Å². The van der Waals surface area contributed by atoms with Crippen LogP contribution in [0.25, 0.3) is 6.08 Å². The number of carbonyl (C=O) groups is 1. The van der Waals surface area contributed by atoms with Crippen LogP contribution in [-0.2, 0) is 4.74 Å². The molecule has 0 spiro atoms. The van der Waals surface area contributed by atoms with E-state index in [0.717, 1.165) is 0 Å². The molecule has 0 radical (unpaired) electrons. The van der Waals surface area contributed by atoms with Gasteiger partial charge in [0.05, 0.1) is 19.1 Å². The van der Waals surface area contributed by atoms with Gasteiger partial charge >= 0.3 is 5.97 Å². The van der Waals surface area contributed by atoms with E-state index in [9.17, 15) is 4.79 Å². The first kappa shape index (κ1) is 11.4. The number of allylic oxidation sites excluding steroid dienone is 1. The number of ether oxygens (including phenoxy) is 1. The number of aromatic nitrogens is 1. The van der Waals surface area contributed by atoms with Gasteiger partial charge < -0.3 is 4.74 Å². The van der Waals surface area contributed by atoms with Crippen molar-refractivity contribution in [2.45, 2.75) is 13.3 Å². The van der Waals surface area contributed by atoms with Gasteiger partial charge in [0.25, 0.3) is 0 Å². The normalized spacial score (nSPS) is 10.1. The topological polar surface area (TPSA) is 63.0 Å². The van der Waals surface area contributed by atoms with Crippen molar-refractivity contribution in [3.05, 3.63) is 22.2 Å². The lowest BCUT2D eigenvalue weighted by atomic mass is 10.4. The lowest BCUT2D eigenvalue weighted by Gasteiger charge is -1.95. The van der Waals surface area contributed by atoms with Gasteiger partial charge in [-0.1, -0.05) is 6.08 Å². The van der Waals surface area contributed by atoms with Crippen molar-refractivity contribution >= 4 is 23.4 Å². The lowest BCUT2D eigenvalue weighted by Crippen LogP contribution is -2.04. The standard InChI is InChI=1S/C10H10N2O2S/c1-2-14-10(13)8-7-15-9(12-8)5-3-4-6-11/h3,5,7H,2,4H2,1H3. The van der Waals surface area contributed by atoms with Crippen LogP contribution in [0.5, 0.6) is 0 Å². The van der Waals surface area contributed by atoms with Crippen LogP contribution in [0.2, 0.25) is 0 Å². The second kappa shape index (κ2) is 5.94. The summed E-state index contributed by atoms with van der Waals surface area (Å²) in [5.74, 6) is -0.409. The first-order valence-electron chi connectivity index (χ1n) is 4.44. The summed E-state index contributed by atoms with van der Waals surface area (Å²) in [6.07, 6.45) is 3.76. The maximum atomic E-state index is 11.2. The van der Waals surface area contributed by atoms with Gasteiger partial charge in [-0.15, -0.1) is 11.3 Å². The molecule has 0 atom stereocenters. The Hall–Kier alpha value is -1.67. The van der Waals surface area contributed by atoms with Crippen molar-refractivity contribution < 1.29 is 9.53 Å². The van der Waals surface area contributed by atoms with Gasteiger partial charge in [0.15, 0.2) is 5.69 Å². The maximum Gasteiger partial charge on any atom is 0.357 e. The summed E-state index contributed by atoms with van der Waals surface area (Å²) in [6.45, 7) is 2.09. The van der Waals surface area contributed by atoms with Crippen LogP contribution in [0.4, 0.5) is 0 Å². The van der Waals surface area contributed by atoms with E-state index in [4.69, 9.17) is 10.00 Å². The Morgan fingerprint density at radius 1 is 1.80 bits per heavy atom. The lowest BCUT2D eigenvalue weighted by molar-refractivity contribution is 0.0520. The maximum absolute atomic E-state index is 11.2. The zero-order valence-electron chi connectivity index (χ0n) is 8.27. The third-order valence-electron chi connectivity index (χ3n) is 1.48. The molecule has 15 heavy (non-hydrogen) atoms. The highest BCUT2D eigenvalue weighted by Gasteiger charge is 2.09. The van der Waals surface area contributed by atoms with Crippen LogP contribution >= 0.6 is 11.3 Å². The largest absolute Gasteiger partial charge is 0.461 e. The van der Waals surface area contributed by atoms with Crippen molar-refractivity contribution in [3.8, 4) is 6.07 Å². The molecule has 0 saturated heterocycles. The van der Waals surface area contributed by atoms with Crippen LogP contribution in [0.15, 0.2) is 11.5 Å². The molecule has 0 aliphatic rings. The molecule has 1 aromatic heterocycles. The van der Waals surface area contributed by atoms with E-state index in [1.54, 1.807) is 24.5 Å². The zero-order valence-corrected chi connectivity index (χ0v) is 9.08. The highest BCUT2D eigenvalue weighted by atomic mass is 32.1. The molecular formula is C10H10N2O2S. The molecule has 0 fully saturated rings. The van der Waals surface area contributed by atoms with Crippen molar-refractivity contribution in [2.75, 3.05) is 6.61 Å². The highest BCUT2D eigenvalue weighted by Crippen LogP contribution is 2.12. The number of esters is 1. The second-order valence-corrected chi connectivity index (χ2v) is 3.45. The number of nitriles is 1. The van der Waals surface area contributed by atoms with Crippen molar-refractivity contribution in [1.82, 2.24) is 4.98 Å². The fraction of sp³-hybridized carbons (Fsp3) is 0.300. The Labute approximate surface area is 91.8 Å². The molecule has 0 aliphatic heterocycles. The van der Waals surface area contributed by atoms with E-state index in [2.05, 4.69) is 4.98 Å². The minimum atomic E-state index is -0.409. The summed E-state index contributed by atoms with van der Waals surface area (Å²) >= 11 is 1.35. The van der Waals surface area contributed by atoms with Crippen molar-refractivity contribution in [1.29, 1.82) is 5.26 Å². The van der Waals surface area contributed by atoms with Crippen LogP contribution in [0.1, 0.15) is 28.8 Å². The molecule has 0 saturated carbocycles. The Bertz CT molecular complexity index is 404. The molecule has 78 valence electrons. The number of thiazole rings is 1. The molecule has 5 heteroatoms. The molecular weight excluding hydrogens is 212 g/mol. The summed E-state index contributed by atoms with van der Waals surface area (Å²) in [5.41, 5.74) is 0.318. The van der Waals surface area contributed by atoms with Crippen LogP contribution in [0, 0.1) is 11.3 Å². The Balaban J connectivity index is 2.64. The van der Waals surface area contributed by atoms with Crippen LogP contribution in [0.3, 0.4) is 0 Å². The summed E-state index contributed by atoms with van der Waals surface area (Å²) in [5, 5.41) is 10.7. The molecule has 0 amide bonds. The Morgan fingerprint density at radius 2 is 2.60 bits per heavy atom. The molecule has 0 aromatic carbocycles. The average Bonchev–Trinajstić information content (AvgIpc) is 2.67. The molecule has 0 aliphatic carbocycles. The van der Waals surface area contributed by atoms with Gasteiger partial charge in [-0.3, -0.25) is 0 Å². The van der Waals surface area contributed by atoms with Crippen LogP contribution in [-0.4, -0.2) is 17.6 Å². The van der Waals surface area contributed by atoms with E-state index in [-0.39, 0.29) is 0 Å². The smallest absolute Gasteiger partial charge is 0.357 e. The summed E-state index contributed by atoms with van der Waals surface area (Å²) < 4.78 is 4.80. The quantitative estimate of drug-likeness (QED) is 0.733. The number of carbonyl (C=O) groups excluding carboxylic acids is 1. The first-order valence-corrected chi connectivity index (χ1v) is 5.32. The Morgan fingerprint density at radius 3 is 3.27 bits per heavy atom. The fourth-order valence-electron chi connectivity index (χ4n) is 0.875.